The number of piperidine rings is 1. The van der Waals surface area contributed by atoms with E-state index in [0.29, 0.717) is 13.0 Å². The predicted molar refractivity (Wildman–Crippen MR) is 81.3 cm³/mol. The SMILES string of the molecule is CC1CCN(Cc2ccc(C(=O)N[C@H]3CCNC3=O)o2)CC1. The van der Waals surface area contributed by atoms with Crippen LogP contribution < -0.4 is 10.6 Å². The normalized spacial score (nSPS) is 23.5. The molecule has 2 aliphatic heterocycles. The first-order chi connectivity index (χ1) is 10.6. The van der Waals surface area contributed by atoms with E-state index in [9.17, 15) is 9.59 Å². The first-order valence-electron chi connectivity index (χ1n) is 8.01. The molecule has 1 aromatic rings. The molecule has 0 aromatic carbocycles. The van der Waals surface area contributed by atoms with Gasteiger partial charge >= 0.3 is 0 Å². The van der Waals surface area contributed by atoms with Gasteiger partial charge in [0, 0.05) is 6.54 Å². The first kappa shape index (κ1) is 15.1. The van der Waals surface area contributed by atoms with E-state index in [1.807, 2.05) is 6.07 Å². The van der Waals surface area contributed by atoms with Crippen LogP contribution in [-0.4, -0.2) is 42.4 Å². The molecule has 2 amide bonds. The van der Waals surface area contributed by atoms with Gasteiger partial charge in [-0.15, -0.1) is 0 Å². The van der Waals surface area contributed by atoms with Crippen molar-refractivity contribution >= 4 is 11.8 Å². The molecule has 0 radical (unpaired) electrons. The fourth-order valence-electron chi connectivity index (χ4n) is 2.99. The maximum atomic E-state index is 12.1. The summed E-state index contributed by atoms with van der Waals surface area (Å²) in [7, 11) is 0. The molecule has 2 aliphatic rings. The molecule has 0 bridgehead atoms. The Morgan fingerprint density at radius 2 is 2.14 bits per heavy atom. The number of carbonyl (C=O) groups is 2. The fraction of sp³-hybridized carbons (Fsp3) is 0.625. The summed E-state index contributed by atoms with van der Waals surface area (Å²) in [4.78, 5) is 25.9. The Kier molecular flexibility index (Phi) is 4.47. The maximum absolute atomic E-state index is 12.1. The van der Waals surface area contributed by atoms with Crippen LogP contribution in [0.15, 0.2) is 16.5 Å². The molecule has 3 heterocycles. The lowest BCUT2D eigenvalue weighted by Gasteiger charge is -2.29. The smallest absolute Gasteiger partial charge is 0.287 e. The zero-order chi connectivity index (χ0) is 15.5. The van der Waals surface area contributed by atoms with Crippen LogP contribution in [0.5, 0.6) is 0 Å². The van der Waals surface area contributed by atoms with Gasteiger partial charge in [0.2, 0.25) is 5.91 Å². The average molecular weight is 305 g/mol. The Labute approximate surface area is 130 Å². The van der Waals surface area contributed by atoms with E-state index >= 15 is 0 Å². The zero-order valence-corrected chi connectivity index (χ0v) is 12.9. The van der Waals surface area contributed by atoms with Crippen molar-refractivity contribution in [3.63, 3.8) is 0 Å². The van der Waals surface area contributed by atoms with Crippen molar-refractivity contribution in [3.8, 4) is 0 Å². The van der Waals surface area contributed by atoms with Crippen molar-refractivity contribution in [1.82, 2.24) is 15.5 Å². The van der Waals surface area contributed by atoms with E-state index in [0.717, 1.165) is 31.3 Å². The number of hydrogen-bond donors (Lipinski definition) is 2. The lowest BCUT2D eigenvalue weighted by atomic mass is 9.99. The summed E-state index contributed by atoms with van der Waals surface area (Å²) in [6, 6.07) is 3.09. The summed E-state index contributed by atoms with van der Waals surface area (Å²) in [6.45, 7) is 5.79. The van der Waals surface area contributed by atoms with Gasteiger partial charge in [0.1, 0.15) is 11.8 Å². The Morgan fingerprint density at radius 3 is 2.82 bits per heavy atom. The van der Waals surface area contributed by atoms with Crippen LogP contribution in [0.4, 0.5) is 0 Å². The average Bonchev–Trinajstić information content (AvgIpc) is 3.12. The maximum Gasteiger partial charge on any atom is 0.287 e. The molecule has 2 fully saturated rings. The molecular weight excluding hydrogens is 282 g/mol. The molecule has 1 atom stereocenters. The minimum Gasteiger partial charge on any atom is -0.455 e. The number of rotatable bonds is 4. The van der Waals surface area contributed by atoms with Crippen molar-refractivity contribution < 1.29 is 14.0 Å². The highest BCUT2D eigenvalue weighted by Gasteiger charge is 2.27. The van der Waals surface area contributed by atoms with Crippen molar-refractivity contribution in [2.75, 3.05) is 19.6 Å². The zero-order valence-electron chi connectivity index (χ0n) is 12.9. The van der Waals surface area contributed by atoms with E-state index in [-0.39, 0.29) is 17.6 Å². The highest BCUT2D eigenvalue weighted by atomic mass is 16.4. The number of nitrogens with zero attached hydrogens (tertiary/aromatic N) is 1. The van der Waals surface area contributed by atoms with Crippen LogP contribution in [-0.2, 0) is 11.3 Å². The molecule has 6 heteroatoms. The molecule has 120 valence electrons. The lowest BCUT2D eigenvalue weighted by molar-refractivity contribution is -0.120. The number of amides is 2. The predicted octanol–water partition coefficient (Wildman–Crippen LogP) is 1.13. The molecule has 0 unspecified atom stereocenters. The summed E-state index contributed by atoms with van der Waals surface area (Å²) in [5, 5.41) is 5.41. The third kappa shape index (κ3) is 3.50. The monoisotopic (exact) mass is 305 g/mol. The lowest BCUT2D eigenvalue weighted by Crippen LogP contribution is -2.39. The second-order valence-electron chi connectivity index (χ2n) is 6.33. The van der Waals surface area contributed by atoms with Crippen molar-refractivity contribution in [2.45, 2.75) is 38.8 Å². The van der Waals surface area contributed by atoms with Gasteiger partial charge in [-0.3, -0.25) is 14.5 Å². The molecular formula is C16H23N3O3. The third-order valence-electron chi connectivity index (χ3n) is 4.50. The van der Waals surface area contributed by atoms with Gasteiger partial charge < -0.3 is 15.1 Å². The fourth-order valence-corrected chi connectivity index (χ4v) is 2.99. The van der Waals surface area contributed by atoms with Gasteiger partial charge in [0.05, 0.1) is 6.54 Å². The number of furan rings is 1. The Hall–Kier alpha value is -1.82. The second kappa shape index (κ2) is 6.52. The van der Waals surface area contributed by atoms with Gasteiger partial charge in [-0.2, -0.15) is 0 Å². The number of likely N-dealkylation sites (tertiary alicyclic amines) is 1. The highest BCUT2D eigenvalue weighted by Crippen LogP contribution is 2.19. The standard InChI is InChI=1S/C16H23N3O3/c1-11-5-8-19(9-6-11)10-12-2-3-14(22-12)16(21)18-13-4-7-17-15(13)20/h2-3,11,13H,4-10H2,1H3,(H,17,20)(H,18,21)/t13-/m0/s1. The van der Waals surface area contributed by atoms with E-state index in [2.05, 4.69) is 22.5 Å². The molecule has 0 aliphatic carbocycles. The summed E-state index contributed by atoms with van der Waals surface area (Å²) in [5.41, 5.74) is 0. The van der Waals surface area contributed by atoms with Crippen LogP contribution >= 0.6 is 0 Å². The number of nitrogens with one attached hydrogen (secondary N) is 2. The molecule has 0 saturated carbocycles. The molecule has 2 N–H and O–H groups in total. The van der Waals surface area contributed by atoms with Gasteiger partial charge in [0.25, 0.3) is 5.91 Å². The molecule has 1 aromatic heterocycles. The number of carbonyl (C=O) groups excluding carboxylic acids is 2. The topological polar surface area (TPSA) is 74.6 Å². The van der Waals surface area contributed by atoms with Gasteiger partial charge in [-0.1, -0.05) is 6.92 Å². The minimum atomic E-state index is -0.440. The quantitative estimate of drug-likeness (QED) is 0.874. The molecule has 0 spiro atoms. The Morgan fingerprint density at radius 1 is 1.36 bits per heavy atom. The Balaban J connectivity index is 1.54. The van der Waals surface area contributed by atoms with E-state index in [4.69, 9.17) is 4.42 Å². The number of hydrogen-bond acceptors (Lipinski definition) is 4. The third-order valence-corrected chi connectivity index (χ3v) is 4.50. The summed E-state index contributed by atoms with van der Waals surface area (Å²) >= 11 is 0. The highest BCUT2D eigenvalue weighted by molar-refractivity contribution is 5.96. The van der Waals surface area contributed by atoms with Crippen LogP contribution in [0.2, 0.25) is 0 Å². The van der Waals surface area contributed by atoms with Crippen molar-refractivity contribution in [3.05, 3.63) is 23.7 Å². The van der Waals surface area contributed by atoms with Crippen molar-refractivity contribution in [1.29, 1.82) is 0 Å². The molecule has 2 saturated heterocycles. The van der Waals surface area contributed by atoms with Crippen LogP contribution in [0.1, 0.15) is 42.5 Å². The van der Waals surface area contributed by atoms with E-state index in [1.165, 1.54) is 12.8 Å². The summed E-state index contributed by atoms with van der Waals surface area (Å²) < 4.78 is 5.64. The molecule has 22 heavy (non-hydrogen) atoms. The summed E-state index contributed by atoms with van der Waals surface area (Å²) in [6.07, 6.45) is 3.06. The van der Waals surface area contributed by atoms with E-state index < -0.39 is 6.04 Å². The largest absolute Gasteiger partial charge is 0.455 e. The van der Waals surface area contributed by atoms with E-state index in [1.54, 1.807) is 6.07 Å². The van der Waals surface area contributed by atoms with Gasteiger partial charge in [0.15, 0.2) is 5.76 Å². The van der Waals surface area contributed by atoms with Gasteiger partial charge in [-0.05, 0) is 50.4 Å². The molecule has 3 rings (SSSR count). The van der Waals surface area contributed by atoms with Crippen LogP contribution in [0.3, 0.4) is 0 Å². The van der Waals surface area contributed by atoms with Crippen LogP contribution in [0.25, 0.3) is 0 Å². The summed E-state index contributed by atoms with van der Waals surface area (Å²) in [5.74, 6) is 1.44. The van der Waals surface area contributed by atoms with Gasteiger partial charge in [-0.25, -0.2) is 0 Å². The molecule has 6 nitrogen and oxygen atoms in total. The first-order valence-corrected chi connectivity index (χ1v) is 8.01. The minimum absolute atomic E-state index is 0.123. The second-order valence-corrected chi connectivity index (χ2v) is 6.33. The van der Waals surface area contributed by atoms with Crippen molar-refractivity contribution in [2.24, 2.45) is 5.92 Å². The van der Waals surface area contributed by atoms with Crippen LogP contribution in [0, 0.1) is 5.92 Å². The Bertz CT molecular complexity index is 547.